The van der Waals surface area contributed by atoms with E-state index in [1.807, 2.05) is 38.2 Å². The number of hydrogen-bond donors (Lipinski definition) is 2. The summed E-state index contributed by atoms with van der Waals surface area (Å²) in [6.45, 7) is 12.4. The van der Waals surface area contributed by atoms with Crippen LogP contribution >= 0.6 is 0 Å². The van der Waals surface area contributed by atoms with Crippen molar-refractivity contribution in [2.45, 2.75) is 77.5 Å². The minimum atomic E-state index is -0.403. The van der Waals surface area contributed by atoms with E-state index >= 15 is 0 Å². The van der Waals surface area contributed by atoms with Crippen molar-refractivity contribution in [3.8, 4) is 11.1 Å². The highest BCUT2D eigenvalue weighted by Gasteiger charge is 2.53. The van der Waals surface area contributed by atoms with Crippen LogP contribution in [0.1, 0.15) is 65.5 Å². The van der Waals surface area contributed by atoms with Gasteiger partial charge in [-0.3, -0.25) is 9.82 Å². The number of allylic oxidation sites excluding steroid dienone is 1. The van der Waals surface area contributed by atoms with Crippen molar-refractivity contribution in [1.29, 1.82) is 0 Å². The molecule has 1 aromatic carbocycles. The van der Waals surface area contributed by atoms with Gasteiger partial charge in [0.2, 0.25) is 0 Å². The summed E-state index contributed by atoms with van der Waals surface area (Å²) in [5, 5.41) is 0. The van der Waals surface area contributed by atoms with Crippen LogP contribution in [0.3, 0.4) is 0 Å². The number of nitrogens with zero attached hydrogens (tertiary/aromatic N) is 1. The minimum Gasteiger partial charge on any atom is -0.491 e. The molecule has 4 unspecified atom stereocenters. The van der Waals surface area contributed by atoms with Crippen LogP contribution in [-0.4, -0.2) is 22.7 Å². The fourth-order valence-corrected chi connectivity index (χ4v) is 5.78. The largest absolute Gasteiger partial charge is 0.491 e. The van der Waals surface area contributed by atoms with Crippen LogP contribution in [-0.2, 0) is 9.57 Å². The maximum absolute atomic E-state index is 13.3. The second-order valence-electron chi connectivity index (χ2n) is 10.5. The van der Waals surface area contributed by atoms with Crippen molar-refractivity contribution in [2.75, 3.05) is 0 Å². The average Bonchev–Trinajstić information content (AvgIpc) is 3.39. The summed E-state index contributed by atoms with van der Waals surface area (Å²) in [5.41, 5.74) is 7.99. The third kappa shape index (κ3) is 5.88. The van der Waals surface area contributed by atoms with Crippen LogP contribution in [0, 0.1) is 23.6 Å². The fourth-order valence-electron chi connectivity index (χ4n) is 5.78. The van der Waals surface area contributed by atoms with Gasteiger partial charge in [0, 0.05) is 11.8 Å². The summed E-state index contributed by atoms with van der Waals surface area (Å²) >= 11 is 0. The van der Waals surface area contributed by atoms with Crippen molar-refractivity contribution in [3.05, 3.63) is 72.5 Å². The van der Waals surface area contributed by atoms with Gasteiger partial charge in [-0.15, -0.1) is 5.59 Å². The number of halogens is 1. The molecule has 0 amide bonds. The number of aromatic nitrogens is 1. The molecule has 1 aromatic heterocycles. The molecule has 5 rings (SSSR count). The number of nitrogens with one attached hydrogen (secondary N) is 2. The van der Waals surface area contributed by atoms with E-state index in [0.717, 1.165) is 28.7 Å². The highest BCUT2D eigenvalue weighted by atomic mass is 19.1. The van der Waals surface area contributed by atoms with E-state index in [-0.39, 0.29) is 18.0 Å². The van der Waals surface area contributed by atoms with Gasteiger partial charge in [-0.05, 0) is 67.9 Å². The molecule has 1 aliphatic carbocycles. The summed E-state index contributed by atoms with van der Waals surface area (Å²) < 4.78 is 18.8. The maximum atomic E-state index is 13.3. The standard InChI is InChI=1S/C23H28FN.C7H12N2O2/c1-3-18-7-4-5-10-23(18)17(2)11-13-22-14-12-20(16-25-22)19-8-6-9-21(24)15-19;1-4-6-7(3,5(2)10-4)11-9-8-6/h6,8-9,11-18,23H,3-5,7,10H2,1-2H3;4,6,8-9H,2H2,1,3H3/b13-11+;/t17-,18?,23-;/m0./s1. The Morgan fingerprint density at radius 2 is 2.03 bits per heavy atom. The topological polar surface area (TPSA) is 55.4 Å². The Kier molecular flexibility index (Phi) is 8.60. The molecule has 2 aliphatic heterocycles. The first-order valence-electron chi connectivity index (χ1n) is 13.3. The van der Waals surface area contributed by atoms with Gasteiger partial charge in [-0.1, -0.05) is 70.4 Å². The van der Waals surface area contributed by atoms with Gasteiger partial charge < -0.3 is 4.74 Å². The molecule has 5 nitrogen and oxygen atoms in total. The number of ether oxygens (including phenoxy) is 1. The highest BCUT2D eigenvalue weighted by Crippen LogP contribution is 2.38. The maximum Gasteiger partial charge on any atom is 0.165 e. The van der Waals surface area contributed by atoms with Crippen molar-refractivity contribution in [1.82, 2.24) is 16.0 Å². The number of benzene rings is 1. The molecule has 2 aromatic rings. The van der Waals surface area contributed by atoms with Crippen LogP contribution in [0.2, 0.25) is 0 Å². The zero-order chi connectivity index (χ0) is 25.7. The smallest absolute Gasteiger partial charge is 0.165 e. The third-order valence-corrected chi connectivity index (χ3v) is 8.10. The molecule has 2 saturated heterocycles. The van der Waals surface area contributed by atoms with Crippen LogP contribution in [0.15, 0.2) is 61.0 Å². The normalized spacial score (nSPS) is 30.4. The lowest BCUT2D eigenvalue weighted by Gasteiger charge is -2.34. The third-order valence-electron chi connectivity index (χ3n) is 8.10. The van der Waals surface area contributed by atoms with E-state index in [2.05, 4.69) is 48.6 Å². The molecule has 0 radical (unpaired) electrons. The molecule has 36 heavy (non-hydrogen) atoms. The van der Waals surface area contributed by atoms with Crippen LogP contribution in [0.4, 0.5) is 4.39 Å². The summed E-state index contributed by atoms with van der Waals surface area (Å²) in [4.78, 5) is 9.79. The fraction of sp³-hybridized carbons (Fsp3) is 0.500. The molecule has 2 N–H and O–H groups in total. The predicted octanol–water partition coefficient (Wildman–Crippen LogP) is 6.84. The van der Waals surface area contributed by atoms with Crippen molar-refractivity contribution >= 4 is 6.08 Å². The minimum absolute atomic E-state index is 0.113. The second kappa shape index (κ2) is 11.7. The molecule has 0 spiro atoms. The van der Waals surface area contributed by atoms with Gasteiger partial charge in [-0.25, -0.2) is 9.82 Å². The zero-order valence-electron chi connectivity index (χ0n) is 22.0. The molecule has 6 atom stereocenters. The first-order valence-corrected chi connectivity index (χ1v) is 13.3. The number of fused-ring (bicyclic) bond motifs is 1. The molecular weight excluding hydrogens is 453 g/mol. The van der Waals surface area contributed by atoms with Crippen molar-refractivity contribution in [2.24, 2.45) is 17.8 Å². The average molecular weight is 494 g/mol. The molecule has 3 aliphatic rings. The molecule has 3 fully saturated rings. The van der Waals surface area contributed by atoms with E-state index < -0.39 is 5.60 Å². The Morgan fingerprint density at radius 3 is 2.72 bits per heavy atom. The van der Waals surface area contributed by atoms with E-state index in [0.29, 0.717) is 11.7 Å². The Labute approximate surface area is 215 Å². The first-order chi connectivity index (χ1) is 17.3. The molecule has 1 saturated carbocycles. The molecular formula is C30H40FN3O2. The van der Waals surface area contributed by atoms with Crippen LogP contribution < -0.4 is 11.0 Å². The Morgan fingerprint density at radius 1 is 1.22 bits per heavy atom. The number of rotatable bonds is 5. The first kappa shape index (κ1) is 26.5. The zero-order valence-corrected chi connectivity index (χ0v) is 22.0. The van der Waals surface area contributed by atoms with Gasteiger partial charge in [0.15, 0.2) is 5.60 Å². The molecule has 0 bridgehead atoms. The van der Waals surface area contributed by atoms with Gasteiger partial charge >= 0.3 is 0 Å². The van der Waals surface area contributed by atoms with Crippen molar-refractivity contribution in [3.63, 3.8) is 0 Å². The monoisotopic (exact) mass is 493 g/mol. The lowest BCUT2D eigenvalue weighted by Crippen LogP contribution is -2.42. The van der Waals surface area contributed by atoms with Gasteiger partial charge in [0.25, 0.3) is 0 Å². The predicted molar refractivity (Wildman–Crippen MR) is 143 cm³/mol. The number of hydrogen-bond acceptors (Lipinski definition) is 5. The SMILES string of the molecule is C=C1OC(C)C2NNOC12C.CCC1CCCC[C@H]1[C@@H](C)/C=C/c1ccc(-c2cccc(F)c2)cn1. The van der Waals surface area contributed by atoms with Crippen molar-refractivity contribution < 1.29 is 14.0 Å². The number of pyridine rings is 1. The molecule has 194 valence electrons. The van der Waals surface area contributed by atoms with E-state index in [1.165, 1.54) is 38.2 Å². The van der Waals surface area contributed by atoms with Gasteiger partial charge in [0.05, 0.1) is 11.7 Å². The second-order valence-corrected chi connectivity index (χ2v) is 10.5. The summed E-state index contributed by atoms with van der Waals surface area (Å²) in [6.07, 6.45) is 13.2. The van der Waals surface area contributed by atoms with E-state index in [4.69, 9.17) is 9.57 Å². The Balaban J connectivity index is 0.000000229. The summed E-state index contributed by atoms with van der Waals surface area (Å²) in [7, 11) is 0. The van der Waals surface area contributed by atoms with Crippen LogP contribution in [0.5, 0.6) is 0 Å². The quantitative estimate of drug-likeness (QED) is 0.478. The lowest BCUT2D eigenvalue weighted by atomic mass is 9.72. The highest BCUT2D eigenvalue weighted by molar-refractivity contribution is 5.63. The lowest BCUT2D eigenvalue weighted by molar-refractivity contribution is -0.0331. The Bertz CT molecular complexity index is 1060. The van der Waals surface area contributed by atoms with E-state index in [1.54, 1.807) is 12.1 Å². The van der Waals surface area contributed by atoms with Crippen LogP contribution in [0.25, 0.3) is 17.2 Å². The summed E-state index contributed by atoms with van der Waals surface area (Å²) in [6, 6.07) is 10.8. The molecule has 6 heteroatoms. The Hall–Kier alpha value is -2.54. The van der Waals surface area contributed by atoms with Gasteiger partial charge in [-0.2, -0.15) is 0 Å². The van der Waals surface area contributed by atoms with Gasteiger partial charge in [0.1, 0.15) is 17.7 Å². The van der Waals surface area contributed by atoms with E-state index in [9.17, 15) is 4.39 Å². The number of hydrazine groups is 1. The summed E-state index contributed by atoms with van der Waals surface area (Å²) in [5.74, 6) is 2.74. The molecule has 3 heterocycles.